The van der Waals surface area contributed by atoms with Crippen molar-refractivity contribution in [1.29, 1.82) is 0 Å². The summed E-state index contributed by atoms with van der Waals surface area (Å²) in [7, 11) is 0. The lowest BCUT2D eigenvalue weighted by Crippen LogP contribution is -2.43. The summed E-state index contributed by atoms with van der Waals surface area (Å²) >= 11 is 0. The molecule has 1 atom stereocenters. The molecule has 2 amide bonds. The van der Waals surface area contributed by atoms with Crippen LogP contribution in [0.5, 0.6) is 0 Å². The van der Waals surface area contributed by atoms with E-state index in [0.717, 1.165) is 17.6 Å². The fourth-order valence-corrected chi connectivity index (χ4v) is 3.27. The smallest absolute Gasteiger partial charge is 0.322 e. The molecule has 0 saturated carbocycles. The number of hydrogen-bond acceptors (Lipinski definition) is 3. The summed E-state index contributed by atoms with van der Waals surface area (Å²) < 4.78 is 1.88. The number of urea groups is 1. The van der Waals surface area contributed by atoms with Gasteiger partial charge in [-0.3, -0.25) is 0 Å². The van der Waals surface area contributed by atoms with E-state index in [4.69, 9.17) is 0 Å². The fraction of sp³-hybridized carbons (Fsp3) is 0.222. The number of rotatable bonds is 2. The molecule has 1 aliphatic rings. The Hall–Kier alpha value is -2.86. The van der Waals surface area contributed by atoms with Crippen LogP contribution in [0.2, 0.25) is 0 Å². The number of imidazole rings is 1. The quantitative estimate of drug-likeness (QED) is 0.761. The highest BCUT2D eigenvalue weighted by atomic mass is 16.3. The third-order valence-electron chi connectivity index (χ3n) is 4.50. The summed E-state index contributed by atoms with van der Waals surface area (Å²) in [6.45, 7) is 0.490. The van der Waals surface area contributed by atoms with Crippen LogP contribution < -0.4 is 5.32 Å². The molecule has 0 bridgehead atoms. The minimum Gasteiger partial charge on any atom is -0.394 e. The standard InChI is InChI=1S/C18H18N4O2/c23-12-16-15-4-2-1-3-13(15)5-9-22(16)18(24)20-14-6-8-21-10-7-19-17(21)11-14/h1-4,6-8,10-11,16,23H,5,9,12H2,(H,20,24). The second-order valence-electron chi connectivity index (χ2n) is 5.88. The highest BCUT2D eigenvalue weighted by Crippen LogP contribution is 2.29. The predicted octanol–water partition coefficient (Wildman–Crippen LogP) is 2.46. The zero-order valence-corrected chi connectivity index (χ0v) is 13.1. The minimum atomic E-state index is -0.315. The van der Waals surface area contributed by atoms with Gasteiger partial charge in [0, 0.05) is 36.9 Å². The number of aliphatic hydroxyl groups excluding tert-OH is 1. The van der Waals surface area contributed by atoms with Gasteiger partial charge in [0.15, 0.2) is 0 Å². The molecular weight excluding hydrogens is 304 g/mol. The van der Waals surface area contributed by atoms with Gasteiger partial charge in [-0.05, 0) is 23.6 Å². The number of nitrogens with one attached hydrogen (secondary N) is 1. The molecule has 0 fully saturated rings. The number of benzene rings is 1. The number of hydrogen-bond donors (Lipinski definition) is 2. The number of carbonyl (C=O) groups is 1. The van der Waals surface area contributed by atoms with Crippen LogP contribution in [0.1, 0.15) is 17.2 Å². The molecule has 6 nitrogen and oxygen atoms in total. The zero-order valence-electron chi connectivity index (χ0n) is 13.1. The summed E-state index contributed by atoms with van der Waals surface area (Å²) in [5.41, 5.74) is 3.68. The van der Waals surface area contributed by atoms with E-state index in [0.29, 0.717) is 12.2 Å². The van der Waals surface area contributed by atoms with Crippen LogP contribution >= 0.6 is 0 Å². The van der Waals surface area contributed by atoms with E-state index in [-0.39, 0.29) is 18.7 Å². The first-order valence-electron chi connectivity index (χ1n) is 7.95. The predicted molar refractivity (Wildman–Crippen MR) is 90.9 cm³/mol. The molecule has 2 aromatic heterocycles. The minimum absolute atomic E-state index is 0.0935. The Morgan fingerprint density at radius 3 is 3.04 bits per heavy atom. The van der Waals surface area contributed by atoms with Gasteiger partial charge in [0.1, 0.15) is 5.65 Å². The van der Waals surface area contributed by atoms with Crippen LogP contribution in [0.4, 0.5) is 10.5 Å². The average molecular weight is 322 g/mol. The molecule has 6 heteroatoms. The first kappa shape index (κ1) is 14.7. The molecule has 0 radical (unpaired) electrons. The first-order valence-corrected chi connectivity index (χ1v) is 7.95. The third-order valence-corrected chi connectivity index (χ3v) is 4.50. The van der Waals surface area contributed by atoms with Crippen LogP contribution in [0.25, 0.3) is 5.65 Å². The summed E-state index contributed by atoms with van der Waals surface area (Å²) in [4.78, 5) is 18.6. The second kappa shape index (κ2) is 5.98. The van der Waals surface area contributed by atoms with E-state index in [1.807, 2.05) is 47.1 Å². The lowest BCUT2D eigenvalue weighted by atomic mass is 9.93. The molecule has 1 unspecified atom stereocenters. The average Bonchev–Trinajstić information content (AvgIpc) is 3.08. The molecule has 1 aliphatic heterocycles. The molecular formula is C18H18N4O2. The van der Waals surface area contributed by atoms with Gasteiger partial charge in [-0.25, -0.2) is 9.78 Å². The van der Waals surface area contributed by atoms with Gasteiger partial charge in [0.2, 0.25) is 0 Å². The SMILES string of the molecule is O=C(Nc1ccn2ccnc2c1)N1CCc2ccccc2C1CO. The van der Waals surface area contributed by atoms with Crippen molar-refractivity contribution in [2.75, 3.05) is 18.5 Å². The normalized spacial score (nSPS) is 16.9. The van der Waals surface area contributed by atoms with Gasteiger partial charge in [-0.2, -0.15) is 0 Å². The Balaban J connectivity index is 1.57. The Morgan fingerprint density at radius 2 is 2.17 bits per heavy atom. The number of carbonyl (C=O) groups excluding carboxylic acids is 1. The summed E-state index contributed by atoms with van der Waals surface area (Å²) in [5.74, 6) is 0. The fourth-order valence-electron chi connectivity index (χ4n) is 3.27. The van der Waals surface area contributed by atoms with Gasteiger partial charge in [-0.15, -0.1) is 0 Å². The zero-order chi connectivity index (χ0) is 16.5. The van der Waals surface area contributed by atoms with Crippen LogP contribution in [-0.4, -0.2) is 38.6 Å². The van der Waals surface area contributed by atoms with Crippen molar-refractivity contribution in [1.82, 2.24) is 14.3 Å². The summed E-state index contributed by atoms with van der Waals surface area (Å²) in [6, 6.07) is 11.1. The molecule has 0 spiro atoms. The van der Waals surface area contributed by atoms with Gasteiger partial charge in [0.05, 0.1) is 12.6 Å². The van der Waals surface area contributed by atoms with E-state index in [1.165, 1.54) is 5.56 Å². The van der Waals surface area contributed by atoms with Gasteiger partial charge >= 0.3 is 6.03 Å². The van der Waals surface area contributed by atoms with Crippen molar-refractivity contribution >= 4 is 17.4 Å². The number of anilines is 1. The van der Waals surface area contributed by atoms with Crippen molar-refractivity contribution in [3.05, 3.63) is 66.1 Å². The highest BCUT2D eigenvalue weighted by molar-refractivity contribution is 5.90. The van der Waals surface area contributed by atoms with Crippen molar-refractivity contribution in [2.24, 2.45) is 0 Å². The topological polar surface area (TPSA) is 69.9 Å². The second-order valence-corrected chi connectivity index (χ2v) is 5.88. The molecule has 122 valence electrons. The van der Waals surface area contributed by atoms with E-state index in [1.54, 1.807) is 11.1 Å². The Morgan fingerprint density at radius 1 is 1.29 bits per heavy atom. The lowest BCUT2D eigenvalue weighted by Gasteiger charge is -2.36. The summed E-state index contributed by atoms with van der Waals surface area (Å²) in [6.07, 6.45) is 6.21. The largest absolute Gasteiger partial charge is 0.394 e. The third kappa shape index (κ3) is 2.51. The van der Waals surface area contributed by atoms with Crippen LogP contribution in [0.3, 0.4) is 0 Å². The molecule has 3 aromatic rings. The molecule has 4 rings (SSSR count). The van der Waals surface area contributed by atoms with Crippen molar-refractivity contribution in [3.63, 3.8) is 0 Å². The van der Waals surface area contributed by atoms with Crippen LogP contribution in [-0.2, 0) is 6.42 Å². The molecule has 0 aliphatic carbocycles. The van der Waals surface area contributed by atoms with Gasteiger partial charge < -0.3 is 19.7 Å². The van der Waals surface area contributed by atoms with Crippen LogP contribution in [0.15, 0.2) is 55.0 Å². The van der Waals surface area contributed by atoms with Crippen molar-refractivity contribution < 1.29 is 9.90 Å². The first-order chi connectivity index (χ1) is 11.8. The van der Waals surface area contributed by atoms with Crippen LogP contribution in [0, 0.1) is 0 Å². The number of fused-ring (bicyclic) bond motifs is 2. The maximum Gasteiger partial charge on any atom is 0.322 e. The molecule has 24 heavy (non-hydrogen) atoms. The number of aromatic nitrogens is 2. The van der Waals surface area contributed by atoms with Gasteiger partial charge in [0.25, 0.3) is 0 Å². The van der Waals surface area contributed by atoms with Crippen molar-refractivity contribution in [3.8, 4) is 0 Å². The van der Waals surface area contributed by atoms with E-state index in [9.17, 15) is 9.90 Å². The highest BCUT2D eigenvalue weighted by Gasteiger charge is 2.30. The molecule has 3 heterocycles. The number of nitrogens with zero attached hydrogens (tertiary/aromatic N) is 3. The van der Waals surface area contributed by atoms with Crippen molar-refractivity contribution in [2.45, 2.75) is 12.5 Å². The van der Waals surface area contributed by atoms with E-state index < -0.39 is 0 Å². The maximum absolute atomic E-state index is 12.7. The number of amides is 2. The van der Waals surface area contributed by atoms with Gasteiger partial charge in [-0.1, -0.05) is 24.3 Å². The monoisotopic (exact) mass is 322 g/mol. The molecule has 2 N–H and O–H groups in total. The Kier molecular flexibility index (Phi) is 3.66. The lowest BCUT2D eigenvalue weighted by molar-refractivity contribution is 0.135. The molecule has 1 aromatic carbocycles. The van der Waals surface area contributed by atoms with E-state index in [2.05, 4.69) is 16.4 Å². The number of pyridine rings is 1. The van der Waals surface area contributed by atoms with E-state index >= 15 is 0 Å². The Labute approximate surface area is 139 Å². The number of aliphatic hydroxyl groups is 1. The Bertz CT molecular complexity index is 889. The molecule has 0 saturated heterocycles. The summed E-state index contributed by atoms with van der Waals surface area (Å²) in [5, 5.41) is 12.7. The maximum atomic E-state index is 12.7.